The van der Waals surface area contributed by atoms with Crippen LogP contribution in [0.3, 0.4) is 0 Å². The van der Waals surface area contributed by atoms with Crippen molar-refractivity contribution in [2.75, 3.05) is 30.9 Å². The Morgan fingerprint density at radius 3 is 2.68 bits per heavy atom. The molecule has 0 radical (unpaired) electrons. The first-order chi connectivity index (χ1) is 8.95. The number of carbonyl (C=O) groups excluding carboxylic acids is 1. The smallest absolute Gasteiger partial charge is 0.411 e. The number of nitrogens with one attached hydrogen (secondary N) is 1. The monoisotopic (exact) mass is 264 g/mol. The Kier molecular flexibility index (Phi) is 4.93. The van der Waals surface area contributed by atoms with Crippen LogP contribution in [-0.4, -0.2) is 37.9 Å². The van der Waals surface area contributed by atoms with E-state index in [1.807, 2.05) is 0 Å². The molecule has 1 rings (SSSR count). The van der Waals surface area contributed by atoms with E-state index in [-0.39, 0.29) is 17.9 Å². The van der Waals surface area contributed by atoms with Crippen LogP contribution in [0.4, 0.5) is 16.2 Å². The molecule has 6 heteroatoms. The lowest BCUT2D eigenvalue weighted by Crippen LogP contribution is -2.17. The van der Waals surface area contributed by atoms with Crippen molar-refractivity contribution in [1.82, 2.24) is 0 Å². The zero-order valence-corrected chi connectivity index (χ0v) is 10.8. The lowest BCUT2D eigenvalue weighted by atomic mass is 10.1. The summed E-state index contributed by atoms with van der Waals surface area (Å²) in [5.41, 5.74) is 0.913. The van der Waals surface area contributed by atoms with E-state index < -0.39 is 12.1 Å². The third kappa shape index (κ3) is 4.02. The number of ether oxygens (including phenoxy) is 1. The van der Waals surface area contributed by atoms with Crippen molar-refractivity contribution in [1.29, 1.82) is 0 Å². The molecule has 0 unspecified atom stereocenters. The molecule has 0 saturated heterocycles. The molecule has 0 fully saturated rings. The minimum atomic E-state index is -1.12. The van der Waals surface area contributed by atoms with Crippen molar-refractivity contribution < 1.29 is 19.4 Å². The first kappa shape index (κ1) is 14.6. The highest BCUT2D eigenvalue weighted by Crippen LogP contribution is 2.22. The lowest BCUT2D eigenvalue weighted by Gasteiger charge is -2.15. The van der Waals surface area contributed by atoms with Gasteiger partial charge < -0.3 is 14.7 Å². The second kappa shape index (κ2) is 6.44. The summed E-state index contributed by atoms with van der Waals surface area (Å²) >= 11 is 0. The minimum absolute atomic E-state index is 0.00162. The molecule has 0 aromatic heterocycles. The topological polar surface area (TPSA) is 78.9 Å². The maximum atomic E-state index is 11.4. The molecule has 0 atom stereocenters. The quantitative estimate of drug-likeness (QED) is 0.797. The van der Waals surface area contributed by atoms with Crippen LogP contribution in [0.15, 0.2) is 30.9 Å². The number of carboxylic acids is 1. The summed E-state index contributed by atoms with van der Waals surface area (Å²) in [5.74, 6) is -1.12. The fourth-order valence-electron chi connectivity index (χ4n) is 1.38. The number of anilines is 2. The largest absolute Gasteiger partial charge is 0.478 e. The number of amides is 1. The van der Waals surface area contributed by atoms with E-state index in [1.54, 1.807) is 25.1 Å². The third-order valence-corrected chi connectivity index (χ3v) is 2.32. The van der Waals surface area contributed by atoms with Gasteiger partial charge in [0.1, 0.15) is 6.61 Å². The van der Waals surface area contributed by atoms with Crippen LogP contribution in [-0.2, 0) is 4.74 Å². The highest BCUT2D eigenvalue weighted by molar-refractivity contribution is 5.99. The van der Waals surface area contributed by atoms with Gasteiger partial charge in [0.05, 0.1) is 11.3 Å². The third-order valence-electron chi connectivity index (χ3n) is 2.32. The van der Waals surface area contributed by atoms with Crippen LogP contribution >= 0.6 is 0 Å². The van der Waals surface area contributed by atoms with Crippen LogP contribution in [0.1, 0.15) is 10.4 Å². The van der Waals surface area contributed by atoms with Gasteiger partial charge in [-0.15, -0.1) is 0 Å². The molecule has 1 aromatic carbocycles. The number of carbonyl (C=O) groups is 2. The van der Waals surface area contributed by atoms with Gasteiger partial charge in [0.2, 0.25) is 0 Å². The Hall–Kier alpha value is -2.50. The van der Waals surface area contributed by atoms with Gasteiger partial charge in [-0.05, 0) is 18.2 Å². The Labute approximate surface area is 111 Å². The van der Waals surface area contributed by atoms with Crippen LogP contribution < -0.4 is 10.2 Å². The van der Waals surface area contributed by atoms with E-state index in [0.717, 1.165) is 5.69 Å². The minimum Gasteiger partial charge on any atom is -0.478 e. The van der Waals surface area contributed by atoms with Gasteiger partial charge in [-0.25, -0.2) is 9.59 Å². The van der Waals surface area contributed by atoms with Gasteiger partial charge in [0.15, 0.2) is 0 Å². The molecule has 0 aliphatic heterocycles. The van der Waals surface area contributed by atoms with Crippen molar-refractivity contribution in [2.24, 2.45) is 0 Å². The molecule has 0 aliphatic carbocycles. The predicted octanol–water partition coefficient (Wildman–Crippen LogP) is 2.19. The Balaban J connectivity index is 2.97. The number of nitrogens with zero attached hydrogens (tertiary/aromatic N) is 1. The number of benzene rings is 1. The molecule has 19 heavy (non-hydrogen) atoms. The highest BCUT2D eigenvalue weighted by atomic mass is 16.5. The second-order valence-electron chi connectivity index (χ2n) is 3.94. The van der Waals surface area contributed by atoms with Gasteiger partial charge in [0, 0.05) is 19.8 Å². The van der Waals surface area contributed by atoms with E-state index in [4.69, 9.17) is 9.84 Å². The zero-order chi connectivity index (χ0) is 14.4. The van der Waals surface area contributed by atoms with Crippen molar-refractivity contribution >= 4 is 23.4 Å². The molecule has 0 spiro atoms. The summed E-state index contributed by atoms with van der Waals surface area (Å²) in [6, 6.07) is 4.70. The maximum Gasteiger partial charge on any atom is 0.411 e. The van der Waals surface area contributed by atoms with Gasteiger partial charge in [0.25, 0.3) is 0 Å². The first-order valence-corrected chi connectivity index (χ1v) is 5.55. The summed E-state index contributed by atoms with van der Waals surface area (Å²) in [6.45, 7) is 3.47. The molecule has 2 N–H and O–H groups in total. The average molecular weight is 264 g/mol. The van der Waals surface area contributed by atoms with E-state index in [9.17, 15) is 9.59 Å². The Morgan fingerprint density at radius 2 is 2.16 bits per heavy atom. The van der Waals surface area contributed by atoms with Crippen molar-refractivity contribution in [3.05, 3.63) is 36.4 Å². The summed E-state index contributed by atoms with van der Waals surface area (Å²) in [4.78, 5) is 24.3. The number of hydrogen-bond donors (Lipinski definition) is 2. The van der Waals surface area contributed by atoms with Gasteiger partial charge in [-0.2, -0.15) is 0 Å². The van der Waals surface area contributed by atoms with Gasteiger partial charge >= 0.3 is 12.1 Å². The van der Waals surface area contributed by atoms with Crippen molar-refractivity contribution in [3.8, 4) is 0 Å². The van der Waals surface area contributed by atoms with E-state index in [2.05, 4.69) is 11.9 Å². The van der Waals surface area contributed by atoms with Crippen molar-refractivity contribution in [3.63, 3.8) is 0 Å². The Bertz CT molecular complexity index is 497. The Morgan fingerprint density at radius 1 is 1.47 bits per heavy atom. The maximum absolute atomic E-state index is 11.4. The number of hydrogen-bond acceptors (Lipinski definition) is 4. The molecular formula is C13H16N2O4. The average Bonchev–Trinajstić information content (AvgIpc) is 2.36. The fraction of sp³-hybridized carbons (Fsp3) is 0.231. The second-order valence-corrected chi connectivity index (χ2v) is 3.94. The van der Waals surface area contributed by atoms with E-state index in [1.165, 1.54) is 18.2 Å². The first-order valence-electron chi connectivity index (χ1n) is 5.55. The van der Waals surface area contributed by atoms with E-state index in [0.29, 0.717) is 0 Å². The SMILES string of the molecule is C=CCOC(=O)Nc1ccc(N(C)C)cc1C(=O)O. The molecule has 0 saturated carbocycles. The van der Waals surface area contributed by atoms with E-state index >= 15 is 0 Å². The van der Waals surface area contributed by atoms with Crippen LogP contribution in [0.5, 0.6) is 0 Å². The van der Waals surface area contributed by atoms with Crippen LogP contribution in [0.2, 0.25) is 0 Å². The summed E-state index contributed by atoms with van der Waals surface area (Å²) in [5, 5.41) is 11.5. The predicted molar refractivity (Wildman–Crippen MR) is 72.9 cm³/mol. The highest BCUT2D eigenvalue weighted by Gasteiger charge is 2.14. The molecule has 102 valence electrons. The van der Waals surface area contributed by atoms with Gasteiger partial charge in [-0.3, -0.25) is 5.32 Å². The normalized spacial score (nSPS) is 9.58. The summed E-state index contributed by atoms with van der Waals surface area (Å²) in [7, 11) is 3.60. The molecular weight excluding hydrogens is 248 g/mol. The van der Waals surface area contributed by atoms with Crippen LogP contribution in [0, 0.1) is 0 Å². The molecule has 1 aromatic rings. The zero-order valence-electron chi connectivity index (χ0n) is 10.8. The van der Waals surface area contributed by atoms with Crippen molar-refractivity contribution in [2.45, 2.75) is 0 Å². The number of aromatic carboxylic acids is 1. The van der Waals surface area contributed by atoms with Gasteiger partial charge in [-0.1, -0.05) is 12.7 Å². The number of rotatable bonds is 5. The standard InChI is InChI=1S/C13H16N2O4/c1-4-7-19-13(18)14-11-6-5-9(15(2)3)8-10(11)12(16)17/h4-6,8H,1,7H2,2-3H3,(H,14,18)(H,16,17). The molecule has 6 nitrogen and oxygen atoms in total. The summed E-state index contributed by atoms with van der Waals surface area (Å²) in [6.07, 6.45) is 0.701. The lowest BCUT2D eigenvalue weighted by molar-refractivity contribution is 0.0698. The molecule has 0 aliphatic rings. The molecule has 1 amide bonds. The van der Waals surface area contributed by atoms with Crippen LogP contribution in [0.25, 0.3) is 0 Å². The molecule has 0 heterocycles. The number of carboxylic acid groups (broad SMARTS) is 1. The summed E-state index contributed by atoms with van der Waals surface area (Å²) < 4.78 is 4.74. The fourth-order valence-corrected chi connectivity index (χ4v) is 1.38. The molecule has 0 bridgehead atoms.